The molecule has 1 heterocycles. The molecule has 0 spiro atoms. The smallest absolute Gasteiger partial charge is 0.313 e. The van der Waals surface area contributed by atoms with Gasteiger partial charge in [-0.05, 0) is 20.3 Å². The molecule has 1 aromatic heterocycles. The van der Waals surface area contributed by atoms with E-state index in [1.54, 1.807) is 0 Å². The third-order valence-corrected chi connectivity index (χ3v) is 3.25. The number of carboxylic acids is 1. The highest BCUT2D eigenvalue weighted by Gasteiger charge is 2.09. The van der Waals surface area contributed by atoms with Crippen LogP contribution < -0.4 is 5.32 Å². The first kappa shape index (κ1) is 14.6. The predicted molar refractivity (Wildman–Crippen MR) is 67.7 cm³/mol. The Hall–Kier alpha value is -1.50. The zero-order valence-electron chi connectivity index (χ0n) is 10.4. The summed E-state index contributed by atoms with van der Waals surface area (Å²) in [6, 6.07) is 0. The molecule has 0 aliphatic heterocycles. The molecule has 1 rings (SSSR count). The maximum atomic E-state index is 11.4. The number of nitrogens with zero attached hydrogens (tertiary/aromatic N) is 1. The summed E-state index contributed by atoms with van der Waals surface area (Å²) < 4.78 is 5.01. The lowest BCUT2D eigenvalue weighted by molar-refractivity contribution is -0.133. The molecule has 7 heteroatoms. The second kappa shape index (κ2) is 7.05. The highest BCUT2D eigenvalue weighted by atomic mass is 32.2. The van der Waals surface area contributed by atoms with E-state index in [0.717, 1.165) is 28.8 Å². The molecule has 0 unspecified atom stereocenters. The maximum absolute atomic E-state index is 11.4. The minimum Gasteiger partial charge on any atom is -0.481 e. The van der Waals surface area contributed by atoms with E-state index in [2.05, 4.69) is 10.5 Å². The van der Waals surface area contributed by atoms with Crippen molar-refractivity contribution < 1.29 is 19.2 Å². The Morgan fingerprint density at radius 3 is 2.67 bits per heavy atom. The van der Waals surface area contributed by atoms with Crippen LogP contribution in [0, 0.1) is 13.8 Å². The first-order valence-corrected chi connectivity index (χ1v) is 6.64. The van der Waals surface area contributed by atoms with Crippen LogP contribution in [0.25, 0.3) is 0 Å². The van der Waals surface area contributed by atoms with Gasteiger partial charge in [-0.2, -0.15) is 0 Å². The number of hydrogen-bond acceptors (Lipinski definition) is 5. The van der Waals surface area contributed by atoms with Crippen molar-refractivity contribution in [3.05, 3.63) is 17.0 Å². The topological polar surface area (TPSA) is 92.4 Å². The van der Waals surface area contributed by atoms with Crippen LogP contribution in [0.5, 0.6) is 0 Å². The Morgan fingerprint density at radius 1 is 1.39 bits per heavy atom. The third-order valence-electron chi connectivity index (χ3n) is 2.34. The van der Waals surface area contributed by atoms with Crippen molar-refractivity contribution in [2.45, 2.75) is 20.3 Å². The number of aliphatic carboxylic acids is 1. The molecule has 0 saturated carbocycles. The number of rotatable bonds is 7. The van der Waals surface area contributed by atoms with Crippen molar-refractivity contribution in [2.24, 2.45) is 0 Å². The lowest BCUT2D eigenvalue weighted by Crippen LogP contribution is -2.27. The predicted octanol–water partition coefficient (Wildman–Crippen LogP) is 0.768. The van der Waals surface area contributed by atoms with Crippen LogP contribution in [-0.2, 0) is 16.0 Å². The van der Waals surface area contributed by atoms with Gasteiger partial charge in [-0.25, -0.2) is 0 Å². The van der Waals surface area contributed by atoms with Gasteiger partial charge < -0.3 is 14.9 Å². The van der Waals surface area contributed by atoms with Gasteiger partial charge in [-0.15, -0.1) is 11.8 Å². The molecule has 6 nitrogen and oxygen atoms in total. The van der Waals surface area contributed by atoms with Gasteiger partial charge in [0.1, 0.15) is 5.76 Å². The number of aryl methyl sites for hydroxylation is 2. The van der Waals surface area contributed by atoms with E-state index in [1.807, 2.05) is 13.8 Å². The molecule has 100 valence electrons. The molecule has 0 saturated heterocycles. The van der Waals surface area contributed by atoms with Gasteiger partial charge in [-0.1, -0.05) is 5.16 Å². The van der Waals surface area contributed by atoms with Crippen LogP contribution in [-0.4, -0.2) is 40.2 Å². The number of carboxylic acid groups (broad SMARTS) is 1. The zero-order chi connectivity index (χ0) is 13.5. The molecule has 0 aromatic carbocycles. The molecular formula is C11H16N2O4S. The Balaban J connectivity index is 2.21. The summed E-state index contributed by atoms with van der Waals surface area (Å²) in [5.74, 6) is -0.205. The molecule has 2 N–H and O–H groups in total. The highest BCUT2D eigenvalue weighted by molar-refractivity contribution is 8.00. The quantitative estimate of drug-likeness (QED) is 0.761. The van der Waals surface area contributed by atoms with E-state index >= 15 is 0 Å². The van der Waals surface area contributed by atoms with Gasteiger partial charge in [0.05, 0.1) is 17.2 Å². The highest BCUT2D eigenvalue weighted by Crippen LogP contribution is 2.12. The van der Waals surface area contributed by atoms with Gasteiger partial charge >= 0.3 is 5.97 Å². The summed E-state index contributed by atoms with van der Waals surface area (Å²) in [4.78, 5) is 21.6. The van der Waals surface area contributed by atoms with Crippen LogP contribution in [0.4, 0.5) is 0 Å². The number of amides is 1. The van der Waals surface area contributed by atoms with Gasteiger partial charge in [-0.3, -0.25) is 9.59 Å². The molecule has 0 radical (unpaired) electrons. The van der Waals surface area contributed by atoms with Gasteiger partial charge in [0.15, 0.2) is 0 Å². The van der Waals surface area contributed by atoms with Crippen molar-refractivity contribution >= 4 is 23.6 Å². The fourth-order valence-electron chi connectivity index (χ4n) is 1.47. The normalized spacial score (nSPS) is 10.3. The van der Waals surface area contributed by atoms with Gasteiger partial charge in [0.2, 0.25) is 5.91 Å². The van der Waals surface area contributed by atoms with Crippen molar-refractivity contribution in [2.75, 3.05) is 18.1 Å². The van der Waals surface area contributed by atoms with Gasteiger partial charge in [0.25, 0.3) is 0 Å². The molecule has 0 aliphatic rings. The van der Waals surface area contributed by atoms with E-state index in [-0.39, 0.29) is 17.4 Å². The Labute approximate surface area is 109 Å². The first-order chi connectivity index (χ1) is 8.50. The number of hydrogen-bond donors (Lipinski definition) is 2. The van der Waals surface area contributed by atoms with Crippen LogP contribution in [0.3, 0.4) is 0 Å². The van der Waals surface area contributed by atoms with Crippen molar-refractivity contribution in [3.63, 3.8) is 0 Å². The van der Waals surface area contributed by atoms with E-state index in [9.17, 15) is 9.59 Å². The van der Waals surface area contributed by atoms with E-state index in [0.29, 0.717) is 13.0 Å². The lowest BCUT2D eigenvalue weighted by atomic mass is 10.1. The van der Waals surface area contributed by atoms with Crippen molar-refractivity contribution in [1.82, 2.24) is 10.5 Å². The number of aromatic nitrogens is 1. The fraction of sp³-hybridized carbons (Fsp3) is 0.545. The summed E-state index contributed by atoms with van der Waals surface area (Å²) in [5.41, 5.74) is 1.84. The first-order valence-electron chi connectivity index (χ1n) is 5.48. The average Bonchev–Trinajstić information content (AvgIpc) is 2.60. The number of thioether (sulfide) groups is 1. The minimum atomic E-state index is -0.913. The monoisotopic (exact) mass is 272 g/mol. The number of nitrogens with one attached hydrogen (secondary N) is 1. The summed E-state index contributed by atoms with van der Waals surface area (Å²) >= 11 is 1.08. The number of carbonyl (C=O) groups is 2. The molecule has 0 aliphatic carbocycles. The fourth-order valence-corrected chi connectivity index (χ4v) is 2.03. The molecule has 0 atom stereocenters. The van der Waals surface area contributed by atoms with Crippen LogP contribution >= 0.6 is 11.8 Å². The largest absolute Gasteiger partial charge is 0.481 e. The van der Waals surface area contributed by atoms with E-state index in [4.69, 9.17) is 9.63 Å². The number of carbonyl (C=O) groups excluding carboxylic acids is 1. The third kappa shape index (κ3) is 4.79. The standard InChI is InChI=1S/C11H16N2O4S/c1-7-9(8(2)17-13-7)3-4-12-10(14)5-18-6-11(15)16/h3-6H2,1-2H3,(H,12,14)(H,15,16). The Bertz CT molecular complexity index is 411. The zero-order valence-corrected chi connectivity index (χ0v) is 11.2. The molecule has 0 fully saturated rings. The van der Waals surface area contributed by atoms with Gasteiger partial charge in [0, 0.05) is 12.1 Å². The summed E-state index contributed by atoms with van der Waals surface area (Å²) in [7, 11) is 0. The summed E-state index contributed by atoms with van der Waals surface area (Å²) in [5, 5.41) is 15.0. The SMILES string of the molecule is Cc1noc(C)c1CCNC(=O)CSCC(=O)O. The van der Waals surface area contributed by atoms with Crippen molar-refractivity contribution in [3.8, 4) is 0 Å². The summed E-state index contributed by atoms with van der Waals surface area (Å²) in [6.45, 7) is 4.19. The molecular weight excluding hydrogens is 256 g/mol. The second-order valence-corrected chi connectivity index (χ2v) is 4.77. The molecule has 1 aromatic rings. The Kier molecular flexibility index (Phi) is 5.70. The van der Waals surface area contributed by atoms with Crippen molar-refractivity contribution in [1.29, 1.82) is 0 Å². The lowest BCUT2D eigenvalue weighted by Gasteiger charge is -2.04. The van der Waals surface area contributed by atoms with Crippen LogP contribution in [0.15, 0.2) is 4.52 Å². The van der Waals surface area contributed by atoms with E-state index in [1.165, 1.54) is 0 Å². The minimum absolute atomic E-state index is 0.0582. The maximum Gasteiger partial charge on any atom is 0.313 e. The Morgan fingerprint density at radius 2 is 2.11 bits per heavy atom. The average molecular weight is 272 g/mol. The van der Waals surface area contributed by atoms with E-state index < -0.39 is 5.97 Å². The van der Waals surface area contributed by atoms with Crippen LogP contribution in [0.2, 0.25) is 0 Å². The second-order valence-electron chi connectivity index (χ2n) is 3.79. The summed E-state index contributed by atoms with van der Waals surface area (Å²) in [6.07, 6.45) is 0.663. The molecule has 1 amide bonds. The molecule has 18 heavy (non-hydrogen) atoms. The molecule has 0 bridgehead atoms. The van der Waals surface area contributed by atoms with Crippen LogP contribution in [0.1, 0.15) is 17.0 Å².